The molecule has 3 aromatic carbocycles. The third-order valence-corrected chi connectivity index (χ3v) is 6.46. The van der Waals surface area contributed by atoms with Crippen LogP contribution in [0.15, 0.2) is 82.9 Å². The third kappa shape index (κ3) is 4.69. The van der Waals surface area contributed by atoms with Crippen molar-refractivity contribution in [1.82, 2.24) is 20.2 Å². The lowest BCUT2D eigenvalue weighted by Crippen LogP contribution is -1.97. The van der Waals surface area contributed by atoms with E-state index >= 15 is 0 Å². The van der Waals surface area contributed by atoms with Crippen LogP contribution in [0.25, 0.3) is 39.6 Å². The Bertz CT molecular complexity index is 1550. The number of carbonyl (C=O) groups is 1. The monoisotopic (exact) mass is 498 g/mol. The van der Waals surface area contributed by atoms with Crippen LogP contribution < -0.4 is 9.47 Å². The van der Waals surface area contributed by atoms with Crippen LogP contribution in [-0.4, -0.2) is 45.5 Å². The summed E-state index contributed by atoms with van der Waals surface area (Å²) in [6, 6.07) is 23.0. The Labute approximate surface area is 211 Å². The Morgan fingerprint density at radius 3 is 2.33 bits per heavy atom. The number of para-hydroxylation sites is 1. The largest absolute Gasteiger partial charge is 0.497 e. The first-order valence-electron chi connectivity index (χ1n) is 11.0. The fraction of sp³-hybridized carbons (Fsp3) is 0.0741. The maximum absolute atomic E-state index is 12.3. The Morgan fingerprint density at radius 2 is 1.64 bits per heavy atom. The zero-order valence-electron chi connectivity index (χ0n) is 19.5. The van der Waals surface area contributed by atoms with E-state index in [0.29, 0.717) is 22.9 Å². The Kier molecular flexibility index (Phi) is 6.46. The normalized spacial score (nSPS) is 11.6. The standard InChI is InChI=1S/C27H22N4O4S/c1-34-18-12-17(13-19(14-18)35-2)25-29-27(31-30-25)36-23(26(32)33)15-21-20-10-6-7-11-22(20)28-24(21)16-8-4-3-5-9-16/h3-15,28H,1-2H3,(H,32,33)(H,29,30,31)/b23-15-. The number of hydrogen-bond acceptors (Lipinski definition) is 6. The van der Waals surface area contributed by atoms with Crippen LogP contribution in [0.5, 0.6) is 11.5 Å². The van der Waals surface area contributed by atoms with E-state index in [2.05, 4.69) is 20.2 Å². The van der Waals surface area contributed by atoms with Crippen LogP contribution in [0.2, 0.25) is 0 Å². The second-order valence-electron chi connectivity index (χ2n) is 7.81. The minimum absolute atomic E-state index is 0.0886. The minimum atomic E-state index is -1.07. The van der Waals surface area contributed by atoms with E-state index in [-0.39, 0.29) is 10.1 Å². The van der Waals surface area contributed by atoms with Gasteiger partial charge in [-0.25, -0.2) is 9.78 Å². The molecule has 0 saturated heterocycles. The van der Waals surface area contributed by atoms with Gasteiger partial charge < -0.3 is 19.6 Å². The molecular weight excluding hydrogens is 476 g/mol. The number of rotatable bonds is 8. The Hall–Kier alpha value is -4.50. The molecule has 9 heteroatoms. The minimum Gasteiger partial charge on any atom is -0.497 e. The summed E-state index contributed by atoms with van der Waals surface area (Å²) in [6.45, 7) is 0. The first-order chi connectivity index (χ1) is 17.6. The lowest BCUT2D eigenvalue weighted by Gasteiger charge is -2.06. The molecule has 180 valence electrons. The van der Waals surface area contributed by atoms with Crippen molar-refractivity contribution < 1.29 is 19.4 Å². The molecule has 0 spiro atoms. The van der Waals surface area contributed by atoms with Crippen molar-refractivity contribution in [2.45, 2.75) is 5.16 Å². The van der Waals surface area contributed by atoms with Gasteiger partial charge in [-0.2, -0.15) is 0 Å². The molecule has 0 bridgehead atoms. The summed E-state index contributed by atoms with van der Waals surface area (Å²) in [5.41, 5.74) is 4.21. The SMILES string of the molecule is COc1cc(OC)cc(-c2nc(S/C(=C\c3c(-c4ccccc4)[nH]c4ccccc34)C(=O)O)n[nH]2)c1. The summed E-state index contributed by atoms with van der Waals surface area (Å²) in [5, 5.41) is 18.3. The second kappa shape index (κ2) is 10.0. The zero-order valence-corrected chi connectivity index (χ0v) is 20.3. The Balaban J connectivity index is 1.53. The molecule has 8 nitrogen and oxygen atoms in total. The number of H-pyrrole nitrogens is 2. The van der Waals surface area contributed by atoms with Gasteiger partial charge in [-0.3, -0.25) is 5.10 Å². The number of thioether (sulfide) groups is 1. The molecule has 0 aliphatic carbocycles. The summed E-state index contributed by atoms with van der Waals surface area (Å²) in [5.74, 6) is 0.609. The number of aromatic nitrogens is 4. The van der Waals surface area contributed by atoms with Gasteiger partial charge in [0.05, 0.1) is 19.9 Å². The highest BCUT2D eigenvalue weighted by molar-refractivity contribution is 8.04. The first kappa shape index (κ1) is 23.3. The van der Waals surface area contributed by atoms with Crippen molar-refractivity contribution >= 4 is 34.7 Å². The molecule has 0 atom stereocenters. The molecule has 0 aliphatic rings. The molecule has 0 saturated carbocycles. The van der Waals surface area contributed by atoms with Gasteiger partial charge >= 0.3 is 5.97 Å². The number of aromatic amines is 2. The fourth-order valence-corrected chi connectivity index (χ4v) is 4.56. The number of hydrogen-bond donors (Lipinski definition) is 3. The number of fused-ring (bicyclic) bond motifs is 1. The molecular formula is C27H22N4O4S. The smallest absolute Gasteiger partial charge is 0.342 e. The molecule has 0 unspecified atom stereocenters. The van der Waals surface area contributed by atoms with Crippen LogP contribution in [0, 0.1) is 0 Å². The van der Waals surface area contributed by atoms with Gasteiger partial charge in [0.2, 0.25) is 5.16 Å². The number of aliphatic carboxylic acids is 1. The number of ether oxygens (including phenoxy) is 2. The van der Waals surface area contributed by atoms with E-state index in [1.807, 2.05) is 54.6 Å². The van der Waals surface area contributed by atoms with Gasteiger partial charge in [-0.15, -0.1) is 5.10 Å². The van der Waals surface area contributed by atoms with Crippen molar-refractivity contribution in [2.24, 2.45) is 0 Å². The highest BCUT2D eigenvalue weighted by atomic mass is 32.2. The fourth-order valence-electron chi connectivity index (χ4n) is 3.88. The highest BCUT2D eigenvalue weighted by Gasteiger charge is 2.18. The van der Waals surface area contributed by atoms with E-state index < -0.39 is 5.97 Å². The van der Waals surface area contributed by atoms with Crippen molar-refractivity contribution in [3.05, 3.63) is 83.3 Å². The quantitative estimate of drug-likeness (QED) is 0.182. The number of carboxylic acids is 1. The lowest BCUT2D eigenvalue weighted by molar-refractivity contribution is -0.131. The van der Waals surface area contributed by atoms with E-state index in [1.165, 1.54) is 0 Å². The van der Waals surface area contributed by atoms with Crippen LogP contribution in [0.3, 0.4) is 0 Å². The number of carboxylic acid groups (broad SMARTS) is 1. The average molecular weight is 499 g/mol. The molecule has 36 heavy (non-hydrogen) atoms. The molecule has 2 aromatic heterocycles. The van der Waals surface area contributed by atoms with Gasteiger partial charge in [0.15, 0.2) is 5.82 Å². The summed E-state index contributed by atoms with van der Waals surface area (Å²) < 4.78 is 10.7. The maximum atomic E-state index is 12.3. The van der Waals surface area contributed by atoms with Crippen LogP contribution >= 0.6 is 11.8 Å². The predicted molar refractivity (Wildman–Crippen MR) is 140 cm³/mol. The van der Waals surface area contributed by atoms with Gasteiger partial charge in [0.1, 0.15) is 16.4 Å². The van der Waals surface area contributed by atoms with E-state index in [4.69, 9.17) is 9.47 Å². The van der Waals surface area contributed by atoms with Crippen LogP contribution in [0.4, 0.5) is 0 Å². The summed E-state index contributed by atoms with van der Waals surface area (Å²) >= 11 is 0.975. The van der Waals surface area contributed by atoms with Gasteiger partial charge in [0.25, 0.3) is 0 Å². The van der Waals surface area contributed by atoms with Gasteiger partial charge in [0, 0.05) is 28.1 Å². The van der Waals surface area contributed by atoms with Crippen molar-refractivity contribution in [3.63, 3.8) is 0 Å². The van der Waals surface area contributed by atoms with Crippen molar-refractivity contribution in [2.75, 3.05) is 14.2 Å². The predicted octanol–water partition coefficient (Wildman–Crippen LogP) is 5.86. The molecule has 3 N–H and O–H groups in total. The van der Waals surface area contributed by atoms with E-state index in [9.17, 15) is 9.90 Å². The summed E-state index contributed by atoms with van der Waals surface area (Å²) in [4.78, 5) is 20.3. The Morgan fingerprint density at radius 1 is 0.944 bits per heavy atom. The molecule has 5 rings (SSSR count). The van der Waals surface area contributed by atoms with Crippen molar-refractivity contribution in [3.8, 4) is 34.1 Å². The summed E-state index contributed by atoms with van der Waals surface area (Å²) in [7, 11) is 3.14. The lowest BCUT2D eigenvalue weighted by atomic mass is 10.0. The topological polar surface area (TPSA) is 113 Å². The maximum Gasteiger partial charge on any atom is 0.342 e. The molecule has 0 amide bonds. The summed E-state index contributed by atoms with van der Waals surface area (Å²) in [6.07, 6.45) is 1.67. The van der Waals surface area contributed by atoms with Gasteiger partial charge in [-0.05, 0) is 41.6 Å². The highest BCUT2D eigenvalue weighted by Crippen LogP contribution is 2.35. The molecule has 2 heterocycles. The van der Waals surface area contributed by atoms with Crippen LogP contribution in [-0.2, 0) is 4.79 Å². The molecule has 0 fully saturated rings. The molecule has 5 aromatic rings. The second-order valence-corrected chi connectivity index (χ2v) is 8.82. The van der Waals surface area contributed by atoms with E-state index in [1.54, 1.807) is 38.5 Å². The number of benzene rings is 3. The van der Waals surface area contributed by atoms with Crippen molar-refractivity contribution in [1.29, 1.82) is 0 Å². The number of nitrogens with one attached hydrogen (secondary N) is 2. The third-order valence-electron chi connectivity index (χ3n) is 5.59. The molecule has 0 aliphatic heterocycles. The van der Waals surface area contributed by atoms with Gasteiger partial charge in [-0.1, -0.05) is 48.5 Å². The van der Waals surface area contributed by atoms with Crippen LogP contribution in [0.1, 0.15) is 5.56 Å². The number of methoxy groups -OCH3 is 2. The zero-order chi connectivity index (χ0) is 25.1. The first-order valence-corrected chi connectivity index (χ1v) is 11.8. The molecule has 0 radical (unpaired) electrons. The van der Waals surface area contributed by atoms with E-state index in [0.717, 1.165) is 39.5 Å². The average Bonchev–Trinajstić information content (AvgIpc) is 3.53. The number of nitrogens with zero attached hydrogens (tertiary/aromatic N) is 2.